The number of aryl methyl sites for hydroxylation is 1. The Morgan fingerprint density at radius 1 is 1.14 bits per heavy atom. The van der Waals surface area contributed by atoms with Crippen LogP contribution in [0.2, 0.25) is 0 Å². The molecule has 1 N–H and O–H groups in total. The maximum atomic E-state index is 11.9. The monoisotopic (exact) mass is 297 g/mol. The first-order valence-electron chi connectivity index (χ1n) is 6.69. The van der Waals surface area contributed by atoms with E-state index in [1.54, 1.807) is 49.8 Å². The number of ether oxygens (including phenoxy) is 2. The maximum absolute atomic E-state index is 11.9. The second kappa shape index (κ2) is 5.77. The molecule has 0 atom stereocenters. The Morgan fingerprint density at radius 3 is 2.59 bits per heavy atom. The third kappa shape index (κ3) is 2.85. The van der Waals surface area contributed by atoms with E-state index in [1.165, 1.54) is 0 Å². The molecule has 1 heterocycles. The number of fused-ring (bicyclic) bond motifs is 1. The standard InChI is InChI=1S/C16H15N3O3/c1-19-10-17-14-9-13(7-8-15(14)19)22-16(20)18-11-3-5-12(21-2)6-4-11/h3-10H,1-2H3,(H,18,20). The van der Waals surface area contributed by atoms with Crippen LogP contribution in [-0.4, -0.2) is 22.8 Å². The summed E-state index contributed by atoms with van der Waals surface area (Å²) in [5, 5.41) is 2.65. The maximum Gasteiger partial charge on any atom is 0.417 e. The van der Waals surface area contributed by atoms with Gasteiger partial charge in [0.1, 0.15) is 11.5 Å². The van der Waals surface area contributed by atoms with Gasteiger partial charge in [0.15, 0.2) is 0 Å². The van der Waals surface area contributed by atoms with Crippen molar-refractivity contribution in [3.05, 3.63) is 48.8 Å². The number of anilines is 1. The summed E-state index contributed by atoms with van der Waals surface area (Å²) in [5.74, 6) is 1.16. The van der Waals surface area contributed by atoms with Gasteiger partial charge >= 0.3 is 6.09 Å². The lowest BCUT2D eigenvalue weighted by Gasteiger charge is -2.07. The molecule has 0 bridgehead atoms. The summed E-state index contributed by atoms with van der Waals surface area (Å²) in [6, 6.07) is 12.3. The molecule has 0 saturated heterocycles. The van der Waals surface area contributed by atoms with Crippen LogP contribution < -0.4 is 14.8 Å². The number of nitrogens with zero attached hydrogens (tertiary/aromatic N) is 2. The second-order valence-electron chi connectivity index (χ2n) is 4.75. The van der Waals surface area contributed by atoms with Crippen LogP contribution in [0.25, 0.3) is 11.0 Å². The Labute approximate surface area is 127 Å². The molecular formula is C16H15N3O3. The van der Waals surface area contributed by atoms with Gasteiger partial charge in [-0.15, -0.1) is 0 Å². The molecule has 0 aliphatic carbocycles. The minimum atomic E-state index is -0.555. The fourth-order valence-electron chi connectivity index (χ4n) is 2.10. The normalized spacial score (nSPS) is 10.5. The van der Waals surface area contributed by atoms with Gasteiger partial charge in [0.05, 0.1) is 24.5 Å². The van der Waals surface area contributed by atoms with Crippen molar-refractivity contribution in [3.63, 3.8) is 0 Å². The molecule has 6 heteroatoms. The van der Waals surface area contributed by atoms with Gasteiger partial charge in [0.2, 0.25) is 0 Å². The quantitative estimate of drug-likeness (QED) is 0.806. The molecule has 0 aliphatic rings. The smallest absolute Gasteiger partial charge is 0.417 e. The van der Waals surface area contributed by atoms with E-state index in [2.05, 4.69) is 10.3 Å². The predicted octanol–water partition coefficient (Wildman–Crippen LogP) is 3.19. The van der Waals surface area contributed by atoms with Crippen LogP contribution >= 0.6 is 0 Å². The van der Waals surface area contributed by atoms with Crippen molar-refractivity contribution in [2.75, 3.05) is 12.4 Å². The topological polar surface area (TPSA) is 65.4 Å². The van der Waals surface area contributed by atoms with E-state index in [4.69, 9.17) is 9.47 Å². The number of aromatic nitrogens is 2. The summed E-state index contributed by atoms with van der Waals surface area (Å²) in [5.41, 5.74) is 2.38. The largest absolute Gasteiger partial charge is 0.497 e. The highest BCUT2D eigenvalue weighted by Crippen LogP contribution is 2.20. The number of hydrogen-bond donors (Lipinski definition) is 1. The van der Waals surface area contributed by atoms with Crippen LogP contribution in [0.1, 0.15) is 0 Å². The molecule has 0 radical (unpaired) electrons. The SMILES string of the molecule is COc1ccc(NC(=O)Oc2ccc3c(c2)ncn3C)cc1. The lowest BCUT2D eigenvalue weighted by molar-refractivity contribution is 0.215. The highest BCUT2D eigenvalue weighted by atomic mass is 16.6. The Morgan fingerprint density at radius 2 is 1.86 bits per heavy atom. The van der Waals surface area contributed by atoms with Gasteiger partial charge in [-0.05, 0) is 36.4 Å². The number of methoxy groups -OCH3 is 1. The minimum Gasteiger partial charge on any atom is -0.497 e. The Bertz CT molecular complexity index is 809. The van der Waals surface area contributed by atoms with Gasteiger partial charge in [0, 0.05) is 18.8 Å². The van der Waals surface area contributed by atoms with Crippen LogP contribution in [0.4, 0.5) is 10.5 Å². The van der Waals surface area contributed by atoms with Gasteiger partial charge in [-0.1, -0.05) is 0 Å². The highest BCUT2D eigenvalue weighted by molar-refractivity contribution is 5.87. The van der Waals surface area contributed by atoms with E-state index < -0.39 is 6.09 Å². The number of rotatable bonds is 3. The van der Waals surface area contributed by atoms with Gasteiger partial charge in [0.25, 0.3) is 0 Å². The van der Waals surface area contributed by atoms with Crippen LogP contribution in [0, 0.1) is 0 Å². The van der Waals surface area contributed by atoms with Crippen molar-refractivity contribution in [2.45, 2.75) is 0 Å². The van der Waals surface area contributed by atoms with Gasteiger partial charge in [-0.3, -0.25) is 5.32 Å². The molecule has 0 saturated carbocycles. The Kier molecular flexibility index (Phi) is 3.65. The minimum absolute atomic E-state index is 0.442. The van der Waals surface area contributed by atoms with Crippen molar-refractivity contribution >= 4 is 22.8 Å². The summed E-state index contributed by atoms with van der Waals surface area (Å²) >= 11 is 0. The molecule has 0 spiro atoms. The zero-order valence-corrected chi connectivity index (χ0v) is 12.2. The van der Waals surface area contributed by atoms with E-state index in [0.717, 1.165) is 16.8 Å². The highest BCUT2D eigenvalue weighted by Gasteiger charge is 2.07. The van der Waals surface area contributed by atoms with Crippen molar-refractivity contribution < 1.29 is 14.3 Å². The molecule has 22 heavy (non-hydrogen) atoms. The first-order valence-corrected chi connectivity index (χ1v) is 6.69. The van der Waals surface area contributed by atoms with Crippen LogP contribution in [0.5, 0.6) is 11.5 Å². The average molecular weight is 297 g/mol. The van der Waals surface area contributed by atoms with Crippen LogP contribution in [0.3, 0.4) is 0 Å². The number of amides is 1. The number of benzene rings is 2. The molecule has 2 aromatic carbocycles. The third-order valence-corrected chi connectivity index (χ3v) is 3.24. The lowest BCUT2D eigenvalue weighted by atomic mass is 10.3. The predicted molar refractivity (Wildman–Crippen MR) is 83.4 cm³/mol. The molecular weight excluding hydrogens is 282 g/mol. The molecule has 0 aliphatic heterocycles. The fourth-order valence-corrected chi connectivity index (χ4v) is 2.10. The van der Waals surface area contributed by atoms with Crippen molar-refractivity contribution in [3.8, 4) is 11.5 Å². The lowest BCUT2D eigenvalue weighted by Crippen LogP contribution is -2.16. The fraction of sp³-hybridized carbons (Fsp3) is 0.125. The molecule has 112 valence electrons. The van der Waals surface area contributed by atoms with Gasteiger partial charge in [-0.2, -0.15) is 0 Å². The number of carbonyl (C=O) groups excluding carboxylic acids is 1. The molecule has 1 aromatic heterocycles. The van der Waals surface area contributed by atoms with E-state index >= 15 is 0 Å². The summed E-state index contributed by atoms with van der Waals surface area (Å²) in [6.45, 7) is 0. The first kappa shape index (κ1) is 13.9. The summed E-state index contributed by atoms with van der Waals surface area (Å²) in [6.07, 6.45) is 1.16. The zero-order chi connectivity index (χ0) is 15.5. The molecule has 0 fully saturated rings. The van der Waals surface area contributed by atoms with Crippen molar-refractivity contribution in [2.24, 2.45) is 7.05 Å². The van der Waals surface area contributed by atoms with E-state index in [9.17, 15) is 4.79 Å². The van der Waals surface area contributed by atoms with E-state index in [1.807, 2.05) is 17.7 Å². The molecule has 3 aromatic rings. The second-order valence-corrected chi connectivity index (χ2v) is 4.75. The third-order valence-electron chi connectivity index (χ3n) is 3.24. The Hall–Kier alpha value is -3.02. The van der Waals surface area contributed by atoms with E-state index in [0.29, 0.717) is 11.4 Å². The molecule has 6 nitrogen and oxygen atoms in total. The summed E-state index contributed by atoms with van der Waals surface area (Å²) in [7, 11) is 3.50. The van der Waals surface area contributed by atoms with Crippen LogP contribution in [0.15, 0.2) is 48.8 Å². The summed E-state index contributed by atoms with van der Waals surface area (Å²) in [4.78, 5) is 16.1. The average Bonchev–Trinajstić information content (AvgIpc) is 2.89. The molecule has 0 unspecified atom stereocenters. The summed E-state index contributed by atoms with van der Waals surface area (Å²) < 4.78 is 12.2. The number of nitrogens with one attached hydrogen (secondary N) is 1. The zero-order valence-electron chi connectivity index (χ0n) is 12.2. The van der Waals surface area contributed by atoms with E-state index in [-0.39, 0.29) is 0 Å². The Balaban J connectivity index is 1.69. The van der Waals surface area contributed by atoms with Gasteiger partial charge < -0.3 is 14.0 Å². The van der Waals surface area contributed by atoms with Crippen molar-refractivity contribution in [1.29, 1.82) is 0 Å². The van der Waals surface area contributed by atoms with Crippen molar-refractivity contribution in [1.82, 2.24) is 9.55 Å². The van der Waals surface area contributed by atoms with Gasteiger partial charge in [-0.25, -0.2) is 9.78 Å². The number of hydrogen-bond acceptors (Lipinski definition) is 4. The molecule has 1 amide bonds. The van der Waals surface area contributed by atoms with Crippen LogP contribution in [-0.2, 0) is 7.05 Å². The number of imidazole rings is 1. The first-order chi connectivity index (χ1) is 10.7. The number of carbonyl (C=O) groups is 1. The molecule has 3 rings (SSSR count).